The molecule has 0 saturated carbocycles. The van der Waals surface area contributed by atoms with E-state index in [2.05, 4.69) is 38.7 Å². The lowest BCUT2D eigenvalue weighted by atomic mass is 10.2. The summed E-state index contributed by atoms with van der Waals surface area (Å²) in [5.74, 6) is 1.69. The Hall–Kier alpha value is -2.08. The van der Waals surface area contributed by atoms with Crippen molar-refractivity contribution in [3.63, 3.8) is 0 Å². The number of imidazole rings is 1. The van der Waals surface area contributed by atoms with Gasteiger partial charge in [0.05, 0.1) is 11.4 Å². The van der Waals surface area contributed by atoms with E-state index in [4.69, 9.17) is 0 Å². The molecule has 2 aromatic heterocycles. The van der Waals surface area contributed by atoms with Crippen LogP contribution in [0.5, 0.6) is 0 Å². The van der Waals surface area contributed by atoms with E-state index < -0.39 is 0 Å². The molecule has 0 aliphatic heterocycles. The van der Waals surface area contributed by atoms with Gasteiger partial charge >= 0.3 is 0 Å². The molecule has 0 saturated heterocycles. The zero-order valence-corrected chi connectivity index (χ0v) is 12.2. The first-order chi connectivity index (χ1) is 9.75. The lowest BCUT2D eigenvalue weighted by molar-refractivity contribution is 0.729. The van der Waals surface area contributed by atoms with Crippen LogP contribution in [0.15, 0.2) is 48.1 Å². The molecule has 5 nitrogen and oxygen atoms in total. The summed E-state index contributed by atoms with van der Waals surface area (Å²) in [5.41, 5.74) is 2.39. The van der Waals surface area contributed by atoms with Gasteiger partial charge in [-0.3, -0.25) is 9.25 Å². The SMILES string of the molecule is Cc1ccccc1-n1ccnc1SCc1ncnn1C. The molecule has 0 aliphatic carbocycles. The summed E-state index contributed by atoms with van der Waals surface area (Å²) >= 11 is 1.66. The van der Waals surface area contributed by atoms with Crippen LogP contribution in [0.3, 0.4) is 0 Å². The highest BCUT2D eigenvalue weighted by molar-refractivity contribution is 7.98. The molecule has 0 aliphatic rings. The monoisotopic (exact) mass is 285 g/mol. The lowest BCUT2D eigenvalue weighted by Crippen LogP contribution is -2.00. The van der Waals surface area contributed by atoms with Crippen LogP contribution >= 0.6 is 11.8 Å². The summed E-state index contributed by atoms with van der Waals surface area (Å²) < 4.78 is 3.89. The fraction of sp³-hybridized carbons (Fsp3) is 0.214. The third-order valence-corrected chi connectivity index (χ3v) is 4.08. The van der Waals surface area contributed by atoms with Crippen molar-refractivity contribution in [2.75, 3.05) is 0 Å². The average molecular weight is 285 g/mol. The Bertz CT molecular complexity index is 716. The number of aryl methyl sites for hydroxylation is 2. The van der Waals surface area contributed by atoms with Gasteiger partial charge in [-0.15, -0.1) is 0 Å². The summed E-state index contributed by atoms with van der Waals surface area (Å²) in [5, 5.41) is 5.04. The van der Waals surface area contributed by atoms with Gasteiger partial charge in [0.1, 0.15) is 12.2 Å². The minimum Gasteiger partial charge on any atom is -0.295 e. The van der Waals surface area contributed by atoms with Gasteiger partial charge in [0.2, 0.25) is 0 Å². The van der Waals surface area contributed by atoms with E-state index in [1.165, 1.54) is 5.56 Å². The molecule has 3 rings (SSSR count). The fourth-order valence-corrected chi connectivity index (χ4v) is 2.95. The zero-order chi connectivity index (χ0) is 13.9. The Balaban J connectivity index is 1.84. The second-order valence-corrected chi connectivity index (χ2v) is 5.40. The van der Waals surface area contributed by atoms with Gasteiger partial charge in [-0.25, -0.2) is 9.97 Å². The second-order valence-electron chi connectivity index (χ2n) is 4.45. The highest BCUT2D eigenvalue weighted by Gasteiger charge is 2.09. The predicted octanol–water partition coefficient (Wildman–Crippen LogP) is 2.60. The van der Waals surface area contributed by atoms with Crippen LogP contribution in [0, 0.1) is 6.92 Å². The van der Waals surface area contributed by atoms with E-state index in [-0.39, 0.29) is 0 Å². The van der Waals surface area contributed by atoms with Gasteiger partial charge in [0.15, 0.2) is 5.16 Å². The summed E-state index contributed by atoms with van der Waals surface area (Å²) in [6, 6.07) is 8.29. The molecule has 20 heavy (non-hydrogen) atoms. The number of benzene rings is 1. The van der Waals surface area contributed by atoms with Crippen molar-refractivity contribution < 1.29 is 0 Å². The molecule has 0 fully saturated rings. The largest absolute Gasteiger partial charge is 0.295 e. The molecule has 2 heterocycles. The molecule has 102 valence electrons. The van der Waals surface area contributed by atoms with Gasteiger partial charge in [0, 0.05) is 19.4 Å². The summed E-state index contributed by atoms with van der Waals surface area (Å²) in [7, 11) is 1.90. The maximum absolute atomic E-state index is 4.43. The maximum atomic E-state index is 4.43. The van der Waals surface area contributed by atoms with Gasteiger partial charge in [0.25, 0.3) is 0 Å². The van der Waals surface area contributed by atoms with Crippen molar-refractivity contribution in [2.45, 2.75) is 17.8 Å². The lowest BCUT2D eigenvalue weighted by Gasteiger charge is -2.09. The maximum Gasteiger partial charge on any atom is 0.173 e. The summed E-state index contributed by atoms with van der Waals surface area (Å²) in [4.78, 5) is 8.66. The van der Waals surface area contributed by atoms with Crippen LogP contribution in [0.25, 0.3) is 5.69 Å². The van der Waals surface area contributed by atoms with Crippen LogP contribution in [0.2, 0.25) is 0 Å². The summed E-state index contributed by atoms with van der Waals surface area (Å²) in [6.07, 6.45) is 5.39. The smallest absolute Gasteiger partial charge is 0.173 e. The van der Waals surface area contributed by atoms with Crippen LogP contribution in [0.4, 0.5) is 0 Å². The van der Waals surface area contributed by atoms with Crippen molar-refractivity contribution in [1.82, 2.24) is 24.3 Å². The molecule has 0 N–H and O–H groups in total. The Labute approximate surface area is 121 Å². The number of rotatable bonds is 4. The van der Waals surface area contributed by atoms with E-state index in [1.807, 2.05) is 31.6 Å². The van der Waals surface area contributed by atoms with Gasteiger partial charge < -0.3 is 0 Å². The van der Waals surface area contributed by atoms with Crippen LogP contribution in [-0.4, -0.2) is 24.3 Å². The Kier molecular flexibility index (Phi) is 3.56. The first-order valence-corrected chi connectivity index (χ1v) is 7.29. The molecule has 3 aromatic rings. The van der Waals surface area contributed by atoms with Crippen molar-refractivity contribution in [3.05, 3.63) is 54.4 Å². The van der Waals surface area contributed by atoms with E-state index in [0.29, 0.717) is 0 Å². The number of aromatic nitrogens is 5. The average Bonchev–Trinajstić information content (AvgIpc) is 3.06. The molecule has 1 aromatic carbocycles. The van der Waals surface area contributed by atoms with Crippen molar-refractivity contribution in [3.8, 4) is 5.69 Å². The minimum atomic E-state index is 0.749. The van der Waals surface area contributed by atoms with E-state index >= 15 is 0 Å². The fourth-order valence-electron chi connectivity index (χ4n) is 1.99. The van der Waals surface area contributed by atoms with E-state index in [9.17, 15) is 0 Å². The van der Waals surface area contributed by atoms with Gasteiger partial charge in [-0.2, -0.15) is 5.10 Å². The van der Waals surface area contributed by atoms with Crippen LogP contribution < -0.4 is 0 Å². The minimum absolute atomic E-state index is 0.749. The number of nitrogens with zero attached hydrogens (tertiary/aromatic N) is 5. The molecule has 0 amide bonds. The van der Waals surface area contributed by atoms with Crippen LogP contribution in [-0.2, 0) is 12.8 Å². The van der Waals surface area contributed by atoms with E-state index in [1.54, 1.807) is 22.8 Å². The highest BCUT2D eigenvalue weighted by Crippen LogP contribution is 2.24. The molecule has 0 bridgehead atoms. The first-order valence-electron chi connectivity index (χ1n) is 6.31. The summed E-state index contributed by atoms with van der Waals surface area (Å²) in [6.45, 7) is 2.10. The Morgan fingerprint density at radius 1 is 1.20 bits per heavy atom. The molecular weight excluding hydrogens is 270 g/mol. The normalized spacial score (nSPS) is 10.9. The number of thioether (sulfide) groups is 1. The topological polar surface area (TPSA) is 48.5 Å². The van der Waals surface area contributed by atoms with Crippen molar-refractivity contribution >= 4 is 11.8 Å². The molecule has 0 unspecified atom stereocenters. The molecule has 0 radical (unpaired) electrons. The molecular formula is C14H15N5S. The number of hydrogen-bond acceptors (Lipinski definition) is 4. The van der Waals surface area contributed by atoms with E-state index in [0.717, 1.165) is 22.4 Å². The van der Waals surface area contributed by atoms with Crippen molar-refractivity contribution in [1.29, 1.82) is 0 Å². The number of hydrogen-bond donors (Lipinski definition) is 0. The molecule has 0 spiro atoms. The van der Waals surface area contributed by atoms with Crippen LogP contribution in [0.1, 0.15) is 11.4 Å². The highest BCUT2D eigenvalue weighted by atomic mass is 32.2. The predicted molar refractivity (Wildman–Crippen MR) is 78.9 cm³/mol. The Morgan fingerprint density at radius 3 is 2.80 bits per heavy atom. The third kappa shape index (κ3) is 2.46. The first kappa shape index (κ1) is 12.9. The second kappa shape index (κ2) is 5.50. The van der Waals surface area contributed by atoms with Gasteiger partial charge in [-0.1, -0.05) is 30.0 Å². The van der Waals surface area contributed by atoms with Gasteiger partial charge in [-0.05, 0) is 18.6 Å². The Morgan fingerprint density at radius 2 is 2.05 bits per heavy atom. The van der Waals surface area contributed by atoms with Crippen molar-refractivity contribution in [2.24, 2.45) is 7.05 Å². The molecule has 6 heteroatoms. The molecule has 0 atom stereocenters. The number of para-hydroxylation sites is 1. The third-order valence-electron chi connectivity index (χ3n) is 3.12. The standard InChI is InChI=1S/C14H15N5S/c1-11-5-3-4-6-12(11)19-8-7-15-14(19)20-9-13-16-10-17-18(13)2/h3-8,10H,9H2,1-2H3. The zero-order valence-electron chi connectivity index (χ0n) is 11.4. The quantitative estimate of drug-likeness (QED) is 0.691.